The highest BCUT2D eigenvalue weighted by molar-refractivity contribution is 5.80. The molecule has 1 amide bonds. The summed E-state index contributed by atoms with van der Waals surface area (Å²) in [6.07, 6.45) is 2.76. The Morgan fingerprint density at radius 3 is 2.18 bits per heavy atom. The molecule has 22 heavy (non-hydrogen) atoms. The molecule has 0 aromatic rings. The van der Waals surface area contributed by atoms with Gasteiger partial charge in [-0.3, -0.25) is 14.5 Å². The van der Waals surface area contributed by atoms with E-state index in [2.05, 4.69) is 24.1 Å². The van der Waals surface area contributed by atoms with Gasteiger partial charge in [0.15, 0.2) is 0 Å². The van der Waals surface area contributed by atoms with E-state index in [9.17, 15) is 9.59 Å². The second-order valence-electron chi connectivity index (χ2n) is 6.84. The summed E-state index contributed by atoms with van der Waals surface area (Å²) in [6.45, 7) is 13.1. The van der Waals surface area contributed by atoms with Crippen LogP contribution in [0.1, 0.15) is 47.0 Å². The Morgan fingerprint density at radius 1 is 1.00 bits per heavy atom. The Balaban J connectivity index is 2.12. The van der Waals surface area contributed by atoms with Crippen molar-refractivity contribution in [2.24, 2.45) is 5.92 Å². The third-order valence-corrected chi connectivity index (χ3v) is 4.18. The van der Waals surface area contributed by atoms with E-state index in [1.165, 1.54) is 0 Å². The smallest absolute Gasteiger partial charge is 0.236 e. The maximum Gasteiger partial charge on any atom is 0.236 e. The van der Waals surface area contributed by atoms with E-state index in [1.807, 2.05) is 18.7 Å². The van der Waals surface area contributed by atoms with Gasteiger partial charge >= 0.3 is 0 Å². The number of amides is 1. The lowest BCUT2D eigenvalue weighted by atomic mass is 10.0. The second-order valence-corrected chi connectivity index (χ2v) is 6.84. The van der Waals surface area contributed by atoms with E-state index in [0.29, 0.717) is 24.8 Å². The summed E-state index contributed by atoms with van der Waals surface area (Å²) < 4.78 is 0. The van der Waals surface area contributed by atoms with Gasteiger partial charge in [0.05, 0.1) is 6.54 Å². The van der Waals surface area contributed by atoms with Gasteiger partial charge in [-0.2, -0.15) is 0 Å². The molecule has 0 bridgehead atoms. The molecular formula is C17H33N3O2. The van der Waals surface area contributed by atoms with Crippen LogP contribution in [0.4, 0.5) is 0 Å². The van der Waals surface area contributed by atoms with Crippen molar-refractivity contribution in [1.29, 1.82) is 0 Å². The van der Waals surface area contributed by atoms with Gasteiger partial charge in [-0.15, -0.1) is 0 Å². The quantitative estimate of drug-likeness (QED) is 0.656. The number of unbranched alkanes of at least 4 members (excludes halogenated alkanes) is 1. The van der Waals surface area contributed by atoms with Crippen LogP contribution in [0, 0.1) is 5.92 Å². The summed E-state index contributed by atoms with van der Waals surface area (Å²) in [5.74, 6) is 0.734. The first-order valence-electron chi connectivity index (χ1n) is 8.66. The fourth-order valence-corrected chi connectivity index (χ4v) is 2.55. The third-order valence-electron chi connectivity index (χ3n) is 4.18. The van der Waals surface area contributed by atoms with Crippen molar-refractivity contribution in [2.75, 3.05) is 39.3 Å². The molecule has 0 spiro atoms. The highest BCUT2D eigenvalue weighted by Crippen LogP contribution is 2.07. The largest absolute Gasteiger partial charge is 0.339 e. The lowest BCUT2D eigenvalue weighted by Crippen LogP contribution is -2.51. The number of hydrogen-bond donors (Lipinski definition) is 1. The van der Waals surface area contributed by atoms with E-state index >= 15 is 0 Å². The molecule has 0 unspecified atom stereocenters. The number of hydrogen-bond acceptors (Lipinski definition) is 4. The van der Waals surface area contributed by atoms with Crippen LogP contribution in [0.5, 0.6) is 0 Å². The normalized spacial score (nSPS) is 16.5. The summed E-state index contributed by atoms with van der Waals surface area (Å²) in [5, 5.41) is 3.18. The number of Topliss-reactive ketones (excluding diaryl/α,β-unsaturated/α-hetero) is 1. The van der Waals surface area contributed by atoms with Crippen LogP contribution in [-0.2, 0) is 9.59 Å². The first-order chi connectivity index (χ1) is 10.4. The van der Waals surface area contributed by atoms with Gasteiger partial charge in [-0.05, 0) is 19.4 Å². The molecule has 1 aliphatic rings. The molecule has 0 aromatic carbocycles. The number of rotatable bonds is 9. The van der Waals surface area contributed by atoms with Gasteiger partial charge in [0.1, 0.15) is 5.78 Å². The molecule has 0 aliphatic carbocycles. The summed E-state index contributed by atoms with van der Waals surface area (Å²) >= 11 is 0. The molecule has 1 saturated heterocycles. The van der Waals surface area contributed by atoms with E-state index in [1.54, 1.807) is 0 Å². The van der Waals surface area contributed by atoms with Crippen molar-refractivity contribution in [1.82, 2.24) is 15.1 Å². The monoisotopic (exact) mass is 311 g/mol. The first-order valence-corrected chi connectivity index (χ1v) is 8.66. The maximum absolute atomic E-state index is 12.0. The van der Waals surface area contributed by atoms with Crippen LogP contribution in [0.25, 0.3) is 0 Å². The van der Waals surface area contributed by atoms with E-state index in [4.69, 9.17) is 0 Å². The molecular weight excluding hydrogens is 278 g/mol. The van der Waals surface area contributed by atoms with Crippen LogP contribution < -0.4 is 5.32 Å². The zero-order valence-electron chi connectivity index (χ0n) is 14.7. The summed E-state index contributed by atoms with van der Waals surface area (Å²) in [7, 11) is 0. The van der Waals surface area contributed by atoms with Crippen molar-refractivity contribution >= 4 is 11.7 Å². The molecule has 1 N–H and O–H groups in total. The zero-order chi connectivity index (χ0) is 16.5. The van der Waals surface area contributed by atoms with Gasteiger partial charge in [-0.1, -0.05) is 27.7 Å². The molecule has 0 radical (unpaired) electrons. The lowest BCUT2D eigenvalue weighted by Gasteiger charge is -2.35. The Morgan fingerprint density at radius 2 is 1.64 bits per heavy atom. The van der Waals surface area contributed by atoms with E-state index in [-0.39, 0.29) is 11.8 Å². The predicted octanol–water partition coefficient (Wildman–Crippen LogP) is 1.52. The number of nitrogens with zero attached hydrogens (tertiary/aromatic N) is 2. The fourth-order valence-electron chi connectivity index (χ4n) is 2.55. The number of piperazine rings is 1. The number of nitrogens with one attached hydrogen (secondary N) is 1. The third kappa shape index (κ3) is 7.36. The van der Waals surface area contributed by atoms with Crippen molar-refractivity contribution in [3.05, 3.63) is 0 Å². The van der Waals surface area contributed by atoms with Crippen LogP contribution in [0.3, 0.4) is 0 Å². The molecule has 0 saturated carbocycles. The maximum atomic E-state index is 12.0. The van der Waals surface area contributed by atoms with Crippen LogP contribution >= 0.6 is 0 Å². The summed E-state index contributed by atoms with van der Waals surface area (Å²) in [4.78, 5) is 27.9. The number of carbonyl (C=O) groups is 2. The minimum Gasteiger partial charge on any atom is -0.339 e. The molecule has 5 heteroatoms. The zero-order valence-corrected chi connectivity index (χ0v) is 14.7. The van der Waals surface area contributed by atoms with E-state index < -0.39 is 0 Å². The minimum atomic E-state index is 0.161. The Kier molecular flexibility index (Phi) is 8.64. The molecule has 1 rings (SSSR count). The van der Waals surface area contributed by atoms with Crippen molar-refractivity contribution < 1.29 is 9.59 Å². The van der Waals surface area contributed by atoms with Crippen molar-refractivity contribution in [3.8, 4) is 0 Å². The standard InChI is InChI=1S/C17H33N3O2/c1-14(2)16(21)7-5-6-8-19-9-11-20(12-10-19)17(22)13-18-15(3)4/h14-15,18H,5-13H2,1-4H3. The molecule has 0 aromatic heterocycles. The molecule has 1 aliphatic heterocycles. The summed E-state index contributed by atoms with van der Waals surface area (Å²) in [6, 6.07) is 0.346. The van der Waals surface area contributed by atoms with Gasteiger partial charge in [0.2, 0.25) is 5.91 Å². The van der Waals surface area contributed by atoms with Gasteiger partial charge in [0, 0.05) is 44.6 Å². The van der Waals surface area contributed by atoms with Gasteiger partial charge in [-0.25, -0.2) is 0 Å². The second kappa shape index (κ2) is 9.95. The van der Waals surface area contributed by atoms with Crippen LogP contribution in [-0.4, -0.2) is 66.8 Å². The lowest BCUT2D eigenvalue weighted by molar-refractivity contribution is -0.132. The molecule has 128 valence electrons. The highest BCUT2D eigenvalue weighted by atomic mass is 16.2. The van der Waals surface area contributed by atoms with Crippen LogP contribution in [0.2, 0.25) is 0 Å². The topological polar surface area (TPSA) is 52.7 Å². The molecule has 0 atom stereocenters. The van der Waals surface area contributed by atoms with E-state index in [0.717, 1.165) is 45.6 Å². The summed E-state index contributed by atoms with van der Waals surface area (Å²) in [5.41, 5.74) is 0. The first kappa shape index (κ1) is 19.1. The minimum absolute atomic E-state index is 0.161. The van der Waals surface area contributed by atoms with Gasteiger partial charge < -0.3 is 10.2 Å². The van der Waals surface area contributed by atoms with Crippen LogP contribution in [0.15, 0.2) is 0 Å². The van der Waals surface area contributed by atoms with Crippen molar-refractivity contribution in [3.63, 3.8) is 0 Å². The SMILES string of the molecule is CC(C)NCC(=O)N1CCN(CCCCC(=O)C(C)C)CC1. The number of carbonyl (C=O) groups excluding carboxylic acids is 2. The van der Waals surface area contributed by atoms with Gasteiger partial charge in [0.25, 0.3) is 0 Å². The Bertz CT molecular complexity index is 348. The average molecular weight is 311 g/mol. The molecule has 5 nitrogen and oxygen atoms in total. The Hall–Kier alpha value is -0.940. The predicted molar refractivity (Wildman–Crippen MR) is 89.9 cm³/mol. The molecule has 1 fully saturated rings. The van der Waals surface area contributed by atoms with Crippen molar-refractivity contribution in [2.45, 2.75) is 53.0 Å². The number of ketones is 1. The average Bonchev–Trinajstić information content (AvgIpc) is 2.49. The fraction of sp³-hybridized carbons (Fsp3) is 0.882. The highest BCUT2D eigenvalue weighted by Gasteiger charge is 2.20. The molecule has 1 heterocycles. The Labute approximate surface area is 135 Å².